The topological polar surface area (TPSA) is 0 Å². The van der Waals surface area contributed by atoms with Gasteiger partial charge in [0.2, 0.25) is 0 Å². The minimum atomic E-state index is -3.73. The Hall–Kier alpha value is -1.36. The third kappa shape index (κ3) is 3.03. The van der Waals surface area contributed by atoms with Crippen LogP contribution in [0.5, 0.6) is 0 Å². The average molecular weight is 347 g/mol. The van der Waals surface area contributed by atoms with Crippen molar-refractivity contribution in [3.05, 3.63) is 59.2 Å². The molecule has 0 bridgehead atoms. The van der Waals surface area contributed by atoms with Crippen molar-refractivity contribution in [3.8, 4) is 11.1 Å². The molecule has 0 saturated heterocycles. The maximum Gasteiger partial charge on any atom is 0.332 e. The molecule has 0 spiro atoms. The molecule has 0 amide bonds. The summed E-state index contributed by atoms with van der Waals surface area (Å²) in [6.45, 7) is 1.99. The number of alkyl halides is 3. The van der Waals surface area contributed by atoms with Crippen molar-refractivity contribution in [2.45, 2.75) is 18.2 Å². The summed E-state index contributed by atoms with van der Waals surface area (Å²) in [6, 6.07) is 8.90. The van der Waals surface area contributed by atoms with E-state index in [-0.39, 0.29) is 5.56 Å². The van der Waals surface area contributed by atoms with Gasteiger partial charge in [0, 0.05) is 0 Å². The molecule has 0 aromatic heterocycles. The number of rotatable bonds is 3. The Morgan fingerprint density at radius 1 is 0.950 bits per heavy atom. The molecule has 0 saturated carbocycles. The molecule has 20 heavy (non-hydrogen) atoms. The van der Waals surface area contributed by atoms with Gasteiger partial charge >= 0.3 is 4.83 Å². The maximum atomic E-state index is 13.7. The molecule has 2 rings (SSSR count). The van der Waals surface area contributed by atoms with E-state index in [9.17, 15) is 17.6 Å². The van der Waals surface area contributed by atoms with Crippen LogP contribution in [0.15, 0.2) is 36.4 Å². The smallest absolute Gasteiger partial charge is 0.206 e. The summed E-state index contributed by atoms with van der Waals surface area (Å²) < 4.78 is 53.5. The van der Waals surface area contributed by atoms with E-state index >= 15 is 0 Å². The van der Waals surface area contributed by atoms with E-state index in [1.165, 1.54) is 0 Å². The number of benzene rings is 2. The molecular formula is C15H11BrF4. The number of halogens is 5. The second kappa shape index (κ2) is 5.56. The van der Waals surface area contributed by atoms with Gasteiger partial charge in [-0.15, -0.1) is 0 Å². The van der Waals surface area contributed by atoms with Gasteiger partial charge in [0.05, 0.1) is 0 Å². The molecule has 2 aromatic rings. The van der Waals surface area contributed by atoms with Crippen molar-refractivity contribution in [2.24, 2.45) is 0 Å². The number of aryl methyl sites for hydroxylation is 1. The van der Waals surface area contributed by atoms with Gasteiger partial charge in [0.1, 0.15) is 17.2 Å². The van der Waals surface area contributed by atoms with Crippen molar-refractivity contribution >= 4 is 15.9 Å². The fourth-order valence-electron chi connectivity index (χ4n) is 1.94. The maximum absolute atomic E-state index is 13.7. The fraction of sp³-hybridized carbons (Fsp3) is 0.200. The van der Waals surface area contributed by atoms with Crippen molar-refractivity contribution in [1.82, 2.24) is 0 Å². The predicted octanol–water partition coefficient (Wildman–Crippen LogP) is 5.64. The number of hydrogen-bond donors (Lipinski definition) is 0. The highest BCUT2D eigenvalue weighted by Gasteiger charge is 2.34. The Morgan fingerprint density at radius 2 is 1.45 bits per heavy atom. The molecule has 0 aliphatic rings. The molecule has 0 radical (unpaired) electrons. The highest BCUT2D eigenvalue weighted by Crippen LogP contribution is 2.39. The van der Waals surface area contributed by atoms with Crippen molar-refractivity contribution in [2.75, 3.05) is 0 Å². The molecule has 2 aromatic carbocycles. The zero-order chi connectivity index (χ0) is 14.9. The first kappa shape index (κ1) is 15.0. The standard InChI is InChI=1S/C15H11BrF4/c1-2-9-3-5-10(6-4-9)11-7-12(17)14(13(18)8-11)15(16,19)20/h3-8H,2H2,1H3. The third-order valence-electron chi connectivity index (χ3n) is 3.02. The Bertz CT molecular complexity index is 592. The first-order valence-corrected chi connectivity index (χ1v) is 6.77. The van der Waals surface area contributed by atoms with Crippen LogP contribution in [0.25, 0.3) is 11.1 Å². The van der Waals surface area contributed by atoms with Gasteiger partial charge in [0.15, 0.2) is 0 Å². The van der Waals surface area contributed by atoms with Gasteiger partial charge in [-0.2, -0.15) is 8.78 Å². The van der Waals surface area contributed by atoms with Crippen molar-refractivity contribution in [3.63, 3.8) is 0 Å². The van der Waals surface area contributed by atoms with Gasteiger partial charge < -0.3 is 0 Å². The summed E-state index contributed by atoms with van der Waals surface area (Å²) in [5, 5.41) is 0. The van der Waals surface area contributed by atoms with Gasteiger partial charge in [-0.1, -0.05) is 31.2 Å². The third-order valence-corrected chi connectivity index (χ3v) is 3.42. The van der Waals surface area contributed by atoms with Crippen LogP contribution in [-0.2, 0) is 11.3 Å². The normalized spacial score (nSPS) is 11.7. The Labute approximate surface area is 122 Å². The Kier molecular flexibility index (Phi) is 4.18. The van der Waals surface area contributed by atoms with Gasteiger partial charge in [0.25, 0.3) is 0 Å². The fourth-order valence-corrected chi connectivity index (χ4v) is 2.32. The summed E-state index contributed by atoms with van der Waals surface area (Å²) >= 11 is 1.97. The molecule has 0 aliphatic heterocycles. The lowest BCUT2D eigenvalue weighted by atomic mass is 10.0. The predicted molar refractivity (Wildman–Crippen MR) is 74.0 cm³/mol. The van der Waals surface area contributed by atoms with E-state index < -0.39 is 22.0 Å². The van der Waals surface area contributed by atoms with E-state index in [2.05, 4.69) is 0 Å². The van der Waals surface area contributed by atoms with Crippen LogP contribution in [0, 0.1) is 11.6 Å². The van der Waals surface area contributed by atoms with Crippen LogP contribution >= 0.6 is 15.9 Å². The van der Waals surface area contributed by atoms with Crippen LogP contribution < -0.4 is 0 Å². The van der Waals surface area contributed by atoms with E-state index in [1.807, 2.05) is 35.0 Å². The highest BCUT2D eigenvalue weighted by atomic mass is 79.9. The quantitative estimate of drug-likeness (QED) is 0.498. The second-order valence-electron chi connectivity index (χ2n) is 4.36. The minimum Gasteiger partial charge on any atom is -0.206 e. The largest absolute Gasteiger partial charge is 0.332 e. The molecule has 0 fully saturated rings. The molecule has 106 valence electrons. The molecular weight excluding hydrogens is 336 g/mol. The van der Waals surface area contributed by atoms with Gasteiger partial charge in [-0.05, 0) is 51.2 Å². The zero-order valence-corrected chi connectivity index (χ0v) is 12.1. The summed E-state index contributed by atoms with van der Waals surface area (Å²) in [7, 11) is 0. The average Bonchev–Trinajstić information content (AvgIpc) is 2.36. The minimum absolute atomic E-state index is 0.225. The first-order chi connectivity index (χ1) is 9.32. The van der Waals surface area contributed by atoms with Crippen LogP contribution in [0.1, 0.15) is 18.1 Å². The SMILES string of the molecule is CCc1ccc(-c2cc(F)c(C(F)(F)Br)c(F)c2)cc1. The molecule has 5 heteroatoms. The van der Waals surface area contributed by atoms with Crippen molar-refractivity contribution < 1.29 is 17.6 Å². The summed E-state index contributed by atoms with van der Waals surface area (Å²) in [4.78, 5) is -3.73. The summed E-state index contributed by atoms with van der Waals surface area (Å²) in [6.07, 6.45) is 0.845. The molecule has 0 heterocycles. The molecule has 0 unspecified atom stereocenters. The lowest BCUT2D eigenvalue weighted by Gasteiger charge is -2.13. The first-order valence-electron chi connectivity index (χ1n) is 5.98. The van der Waals surface area contributed by atoms with Crippen LogP contribution in [-0.4, -0.2) is 0 Å². The monoisotopic (exact) mass is 346 g/mol. The van der Waals surface area contributed by atoms with E-state index in [0.717, 1.165) is 24.1 Å². The van der Waals surface area contributed by atoms with Gasteiger partial charge in [-0.3, -0.25) is 0 Å². The van der Waals surface area contributed by atoms with Crippen LogP contribution in [0.4, 0.5) is 17.6 Å². The second-order valence-corrected chi connectivity index (χ2v) is 5.36. The Morgan fingerprint density at radius 3 is 1.85 bits per heavy atom. The lowest BCUT2D eigenvalue weighted by molar-refractivity contribution is 0.105. The highest BCUT2D eigenvalue weighted by molar-refractivity contribution is 9.09. The number of hydrogen-bond acceptors (Lipinski definition) is 0. The summed E-state index contributed by atoms with van der Waals surface area (Å²) in [5.41, 5.74) is 0.609. The zero-order valence-electron chi connectivity index (χ0n) is 10.6. The molecule has 0 atom stereocenters. The summed E-state index contributed by atoms with van der Waals surface area (Å²) in [5.74, 6) is -2.55. The van der Waals surface area contributed by atoms with Crippen molar-refractivity contribution in [1.29, 1.82) is 0 Å². The lowest BCUT2D eigenvalue weighted by Crippen LogP contribution is -2.09. The van der Waals surface area contributed by atoms with Crippen LogP contribution in [0.3, 0.4) is 0 Å². The van der Waals surface area contributed by atoms with Gasteiger partial charge in [-0.25, -0.2) is 8.78 Å². The molecule has 0 nitrogen and oxygen atoms in total. The van der Waals surface area contributed by atoms with E-state index in [1.54, 1.807) is 12.1 Å². The Balaban J connectivity index is 2.49. The molecule has 0 aliphatic carbocycles. The van der Waals surface area contributed by atoms with E-state index in [0.29, 0.717) is 5.56 Å². The van der Waals surface area contributed by atoms with E-state index in [4.69, 9.17) is 0 Å². The molecule has 0 N–H and O–H groups in total. The van der Waals surface area contributed by atoms with Crippen LogP contribution in [0.2, 0.25) is 0 Å².